The van der Waals surface area contributed by atoms with E-state index in [4.69, 9.17) is 5.10 Å². The minimum atomic E-state index is -0.407. The number of allylic oxidation sites excluding steroid dienone is 2. The van der Waals surface area contributed by atoms with E-state index in [2.05, 4.69) is 16.0 Å². The summed E-state index contributed by atoms with van der Waals surface area (Å²) in [5.41, 5.74) is 3.79. The number of hydrogen-bond donors (Lipinski definition) is 4. The Morgan fingerprint density at radius 2 is 1.94 bits per heavy atom. The Bertz CT molecular complexity index is 1050. The average Bonchev–Trinajstić information content (AvgIpc) is 3.59. The smallest absolute Gasteiger partial charge is 0.320 e. The van der Waals surface area contributed by atoms with Crippen LogP contribution in [0.15, 0.2) is 47.6 Å². The van der Waals surface area contributed by atoms with Crippen LogP contribution in [0, 0.1) is 6.92 Å². The number of aliphatic hydroxyl groups excluding tert-OH is 1. The predicted molar refractivity (Wildman–Crippen MR) is 130 cm³/mol. The molecular formula is C25H33N5O3. The van der Waals surface area contributed by atoms with Gasteiger partial charge in [0.05, 0.1) is 24.0 Å². The zero-order valence-corrected chi connectivity index (χ0v) is 19.7. The molecule has 0 bridgehead atoms. The molecule has 0 saturated heterocycles. The van der Waals surface area contributed by atoms with Gasteiger partial charge in [-0.1, -0.05) is 31.2 Å². The highest BCUT2D eigenvalue weighted by atomic mass is 16.3. The first-order chi connectivity index (χ1) is 15.8. The maximum absolute atomic E-state index is 12.6. The number of amides is 3. The molecule has 1 aromatic heterocycles. The van der Waals surface area contributed by atoms with Gasteiger partial charge in [0.1, 0.15) is 5.82 Å². The van der Waals surface area contributed by atoms with E-state index in [1.54, 1.807) is 4.68 Å². The molecule has 1 fully saturated rings. The Hall–Kier alpha value is -3.39. The molecule has 4 N–H and O–H groups in total. The molecule has 3 rings (SSSR count). The van der Waals surface area contributed by atoms with Gasteiger partial charge in [-0.15, -0.1) is 0 Å². The van der Waals surface area contributed by atoms with Gasteiger partial charge in [-0.05, 0) is 63.8 Å². The van der Waals surface area contributed by atoms with Gasteiger partial charge in [-0.2, -0.15) is 5.10 Å². The third-order valence-electron chi connectivity index (χ3n) is 5.78. The molecular weight excluding hydrogens is 418 g/mol. The first-order valence-corrected chi connectivity index (χ1v) is 11.3. The van der Waals surface area contributed by atoms with Gasteiger partial charge in [0.2, 0.25) is 5.91 Å². The van der Waals surface area contributed by atoms with Crippen LogP contribution in [-0.2, 0) is 4.79 Å². The molecule has 8 nitrogen and oxygen atoms in total. The van der Waals surface area contributed by atoms with Crippen LogP contribution in [0.3, 0.4) is 0 Å². The lowest BCUT2D eigenvalue weighted by Gasteiger charge is -2.16. The van der Waals surface area contributed by atoms with Crippen molar-refractivity contribution in [2.24, 2.45) is 0 Å². The fraction of sp³-hybridized carbons (Fsp3) is 0.400. The molecule has 1 atom stereocenters. The molecule has 0 unspecified atom stereocenters. The van der Waals surface area contributed by atoms with E-state index < -0.39 is 6.03 Å². The van der Waals surface area contributed by atoms with Crippen LogP contribution in [0.5, 0.6) is 0 Å². The topological polar surface area (TPSA) is 108 Å². The number of nitrogens with zero attached hydrogens (tertiary/aromatic N) is 2. The Kier molecular flexibility index (Phi) is 8.06. The number of hydrogen-bond acceptors (Lipinski definition) is 4. The summed E-state index contributed by atoms with van der Waals surface area (Å²) >= 11 is 0. The second kappa shape index (κ2) is 11.0. The van der Waals surface area contributed by atoms with Crippen molar-refractivity contribution in [3.05, 3.63) is 58.8 Å². The number of benzene rings is 1. The minimum absolute atomic E-state index is 0.0421. The summed E-state index contributed by atoms with van der Waals surface area (Å²) in [6, 6.07) is 9.11. The Morgan fingerprint density at radius 3 is 2.55 bits per heavy atom. The number of nitrogens with one attached hydrogen (secondary N) is 3. The number of aliphatic hydroxyl groups is 1. The van der Waals surface area contributed by atoms with Crippen molar-refractivity contribution in [2.75, 3.05) is 11.9 Å². The summed E-state index contributed by atoms with van der Waals surface area (Å²) in [6.07, 6.45) is 6.43. The fourth-order valence-electron chi connectivity index (χ4n) is 3.21. The molecule has 2 aromatic rings. The van der Waals surface area contributed by atoms with E-state index in [9.17, 15) is 14.7 Å². The molecule has 0 aliphatic heterocycles. The summed E-state index contributed by atoms with van der Waals surface area (Å²) in [4.78, 5) is 24.9. The van der Waals surface area contributed by atoms with Crippen molar-refractivity contribution in [1.82, 2.24) is 20.4 Å². The molecule has 1 aliphatic carbocycles. The molecule has 1 heterocycles. The Labute approximate surface area is 194 Å². The van der Waals surface area contributed by atoms with Gasteiger partial charge in [0, 0.05) is 17.2 Å². The normalized spacial score (nSPS) is 15.2. The largest absolute Gasteiger partial charge is 0.394 e. The Balaban J connectivity index is 1.88. The van der Waals surface area contributed by atoms with Crippen LogP contribution in [0.1, 0.15) is 51.3 Å². The van der Waals surface area contributed by atoms with Gasteiger partial charge >= 0.3 is 6.03 Å². The summed E-state index contributed by atoms with van der Waals surface area (Å²) in [5.74, 6) is 0.496. The van der Waals surface area contributed by atoms with Crippen LogP contribution >= 0.6 is 0 Å². The molecule has 1 saturated carbocycles. The molecule has 0 radical (unpaired) electrons. The predicted octanol–water partition coefficient (Wildman–Crippen LogP) is 3.70. The van der Waals surface area contributed by atoms with Crippen LogP contribution in [0.2, 0.25) is 0 Å². The molecule has 3 amide bonds. The standard InChI is InChI=1S/C25H33N5O3/c1-5-19(15-31)27-25(33)28-23-18(4)22(29-30(23)21-9-7-6-8-10-21)14-11-16(2)17(3)24(32)26-20-12-13-20/h6-11,14,19-20,31H,5,12-13,15H2,1-4H3,(H,26,32)(H2,27,28,33)/b14-11+,17-16+/t19-/m1/s1. The van der Waals surface area contributed by atoms with Crippen molar-refractivity contribution in [2.45, 2.75) is 59.0 Å². The third-order valence-corrected chi connectivity index (χ3v) is 5.78. The summed E-state index contributed by atoms with van der Waals surface area (Å²) in [7, 11) is 0. The quantitative estimate of drug-likeness (QED) is 0.344. The van der Waals surface area contributed by atoms with Crippen LogP contribution < -0.4 is 16.0 Å². The maximum atomic E-state index is 12.6. The van der Waals surface area contributed by atoms with E-state index in [0.717, 1.165) is 29.7 Å². The van der Waals surface area contributed by atoms with E-state index in [1.165, 1.54) is 0 Å². The van der Waals surface area contributed by atoms with Gasteiger partial charge in [0.25, 0.3) is 0 Å². The fourth-order valence-corrected chi connectivity index (χ4v) is 3.21. The van der Waals surface area contributed by atoms with Gasteiger partial charge < -0.3 is 15.7 Å². The second-order valence-corrected chi connectivity index (χ2v) is 8.38. The molecule has 33 heavy (non-hydrogen) atoms. The van der Waals surface area contributed by atoms with E-state index >= 15 is 0 Å². The van der Waals surface area contributed by atoms with E-state index in [1.807, 2.05) is 70.2 Å². The van der Waals surface area contributed by atoms with Crippen molar-refractivity contribution in [3.8, 4) is 5.69 Å². The lowest BCUT2D eigenvalue weighted by Crippen LogP contribution is -2.40. The van der Waals surface area contributed by atoms with Gasteiger partial charge in [-0.25, -0.2) is 9.48 Å². The zero-order chi connectivity index (χ0) is 24.0. The van der Waals surface area contributed by atoms with Crippen molar-refractivity contribution >= 4 is 23.8 Å². The summed E-state index contributed by atoms with van der Waals surface area (Å²) < 4.78 is 1.68. The van der Waals surface area contributed by atoms with Gasteiger partial charge in [0.15, 0.2) is 0 Å². The average molecular weight is 452 g/mol. The molecule has 0 spiro atoms. The highest BCUT2D eigenvalue weighted by Crippen LogP contribution is 2.25. The van der Waals surface area contributed by atoms with Gasteiger partial charge in [-0.3, -0.25) is 10.1 Å². The maximum Gasteiger partial charge on any atom is 0.320 e. The number of carbonyl (C=O) groups is 2. The van der Waals surface area contributed by atoms with Crippen molar-refractivity contribution < 1.29 is 14.7 Å². The third kappa shape index (κ3) is 6.32. The number of carbonyl (C=O) groups excluding carboxylic acids is 2. The monoisotopic (exact) mass is 451 g/mol. The number of para-hydroxylation sites is 1. The highest BCUT2D eigenvalue weighted by molar-refractivity contribution is 5.94. The number of aromatic nitrogens is 2. The second-order valence-electron chi connectivity index (χ2n) is 8.38. The lowest BCUT2D eigenvalue weighted by molar-refractivity contribution is -0.117. The number of urea groups is 1. The van der Waals surface area contributed by atoms with Crippen LogP contribution in [-0.4, -0.2) is 45.5 Å². The van der Waals surface area contributed by atoms with Crippen molar-refractivity contribution in [1.29, 1.82) is 0 Å². The molecule has 176 valence electrons. The van der Waals surface area contributed by atoms with E-state index in [0.29, 0.717) is 29.5 Å². The first-order valence-electron chi connectivity index (χ1n) is 11.3. The van der Waals surface area contributed by atoms with Crippen LogP contribution in [0.4, 0.5) is 10.6 Å². The first kappa shape index (κ1) is 24.3. The minimum Gasteiger partial charge on any atom is -0.394 e. The molecule has 1 aromatic carbocycles. The van der Waals surface area contributed by atoms with E-state index in [-0.39, 0.29) is 18.6 Å². The molecule has 1 aliphatic rings. The lowest BCUT2D eigenvalue weighted by atomic mass is 10.1. The van der Waals surface area contributed by atoms with Crippen LogP contribution in [0.25, 0.3) is 11.8 Å². The molecule has 8 heteroatoms. The number of anilines is 1. The summed E-state index contributed by atoms with van der Waals surface area (Å²) in [6.45, 7) is 7.36. The number of rotatable bonds is 9. The van der Waals surface area contributed by atoms with Crippen molar-refractivity contribution in [3.63, 3.8) is 0 Å². The highest BCUT2D eigenvalue weighted by Gasteiger charge is 2.24. The summed E-state index contributed by atoms with van der Waals surface area (Å²) in [5, 5.41) is 22.7. The SMILES string of the molecule is CC[C@H](CO)NC(=O)Nc1c(C)c(/C=C/C(C)=C(\C)C(=O)NC2CC2)nn1-c1ccccc1. The Morgan fingerprint density at radius 1 is 1.24 bits per heavy atom. The zero-order valence-electron chi connectivity index (χ0n) is 19.7.